The van der Waals surface area contributed by atoms with Gasteiger partial charge in [-0.1, -0.05) is 12.7 Å². The Morgan fingerprint density at radius 1 is 1.86 bits per heavy atom. The molecule has 0 aliphatic heterocycles. The first-order valence-corrected chi connectivity index (χ1v) is 2.83. The summed E-state index contributed by atoms with van der Waals surface area (Å²) in [4.78, 5) is 1.18. The van der Waals surface area contributed by atoms with Crippen molar-refractivity contribution in [3.8, 4) is 0 Å². The van der Waals surface area contributed by atoms with Gasteiger partial charge in [-0.25, -0.2) is 0 Å². The van der Waals surface area contributed by atoms with Crippen LogP contribution in [0.4, 0.5) is 0 Å². The Morgan fingerprint density at radius 2 is 2.71 bits per heavy atom. The van der Waals surface area contributed by atoms with Gasteiger partial charge in [0.05, 0.1) is 0 Å². The van der Waals surface area contributed by atoms with E-state index < -0.39 is 0 Å². The first-order valence-electron chi connectivity index (χ1n) is 2.02. The minimum absolute atomic E-state index is 1.18. The zero-order valence-corrected chi connectivity index (χ0v) is 4.66. The van der Waals surface area contributed by atoms with E-state index in [1.807, 2.05) is 18.2 Å². The van der Waals surface area contributed by atoms with Crippen molar-refractivity contribution in [3.05, 3.63) is 29.0 Å². The quantitative estimate of drug-likeness (QED) is 0.518. The molecule has 7 heavy (non-hydrogen) atoms. The highest BCUT2D eigenvalue weighted by Crippen LogP contribution is 2.07. The largest absolute Gasteiger partial charge is 0.135 e. The predicted molar refractivity (Wildman–Crippen MR) is 33.2 cm³/mol. The van der Waals surface area contributed by atoms with E-state index in [9.17, 15) is 0 Å². The summed E-state index contributed by atoms with van der Waals surface area (Å²) >= 11 is 1.58. The predicted octanol–water partition coefficient (Wildman–Crippen LogP) is 2.19. The fourth-order valence-electron chi connectivity index (χ4n) is 0.362. The minimum atomic E-state index is 1.18. The zero-order chi connectivity index (χ0) is 5.11. The highest BCUT2D eigenvalue weighted by atomic mass is 32.1. The molecule has 0 bridgehead atoms. The molecular formula is C6H5S. The van der Waals surface area contributed by atoms with Crippen molar-refractivity contribution in [2.45, 2.75) is 0 Å². The molecule has 0 unspecified atom stereocenters. The third-order valence-electron chi connectivity index (χ3n) is 0.694. The molecule has 0 atom stereocenters. The van der Waals surface area contributed by atoms with Crippen LogP contribution < -0.4 is 0 Å². The Kier molecular flexibility index (Phi) is 1.27. The summed E-state index contributed by atoms with van der Waals surface area (Å²) in [7, 11) is 0. The maximum Gasteiger partial charge on any atom is 0.0449 e. The van der Waals surface area contributed by atoms with Crippen LogP contribution in [0.25, 0.3) is 6.08 Å². The second-order valence-corrected chi connectivity index (χ2v) is 2.07. The normalized spacial score (nSPS) is 8.57. The summed E-state index contributed by atoms with van der Waals surface area (Å²) in [5.41, 5.74) is 0. The fourth-order valence-corrected chi connectivity index (χ4v) is 0.854. The van der Waals surface area contributed by atoms with Crippen LogP contribution in [0.2, 0.25) is 0 Å². The minimum Gasteiger partial charge on any atom is -0.135 e. The van der Waals surface area contributed by atoms with Crippen LogP contribution in [0.15, 0.2) is 18.7 Å². The summed E-state index contributed by atoms with van der Waals surface area (Å²) < 4.78 is 0. The van der Waals surface area contributed by atoms with Crippen LogP contribution in [0.3, 0.4) is 0 Å². The smallest absolute Gasteiger partial charge is 0.0449 e. The van der Waals surface area contributed by atoms with E-state index in [2.05, 4.69) is 12.0 Å². The van der Waals surface area contributed by atoms with Crippen molar-refractivity contribution < 1.29 is 0 Å². The number of hydrogen-bond donors (Lipinski definition) is 0. The first-order chi connectivity index (χ1) is 3.43. The molecule has 0 nitrogen and oxygen atoms in total. The number of rotatable bonds is 1. The lowest BCUT2D eigenvalue weighted by Gasteiger charge is -1.70. The van der Waals surface area contributed by atoms with Crippen LogP contribution >= 0.6 is 11.3 Å². The molecule has 1 heterocycles. The highest BCUT2D eigenvalue weighted by Gasteiger charge is 1.79. The van der Waals surface area contributed by atoms with Gasteiger partial charge in [0.15, 0.2) is 0 Å². The molecular weight excluding hydrogens is 104 g/mol. The molecule has 1 aromatic rings. The molecule has 0 saturated carbocycles. The Labute approximate surface area is 47.1 Å². The zero-order valence-electron chi connectivity index (χ0n) is 3.85. The van der Waals surface area contributed by atoms with Crippen LogP contribution in [-0.2, 0) is 0 Å². The van der Waals surface area contributed by atoms with Gasteiger partial charge in [-0.15, -0.1) is 11.3 Å². The Morgan fingerprint density at radius 3 is 3.00 bits per heavy atom. The van der Waals surface area contributed by atoms with Crippen LogP contribution in [-0.4, -0.2) is 0 Å². The van der Waals surface area contributed by atoms with Crippen molar-refractivity contribution in [2.24, 2.45) is 0 Å². The number of thiophene rings is 1. The summed E-state index contributed by atoms with van der Waals surface area (Å²) in [6.45, 7) is 3.59. The summed E-state index contributed by atoms with van der Waals surface area (Å²) in [5, 5.41) is 2.95. The molecule has 0 N–H and O–H groups in total. The van der Waals surface area contributed by atoms with E-state index in [-0.39, 0.29) is 0 Å². The van der Waals surface area contributed by atoms with Crippen LogP contribution in [0.5, 0.6) is 0 Å². The summed E-state index contributed by atoms with van der Waals surface area (Å²) in [5.74, 6) is 0. The standard InChI is InChI=1S/C6H5S/c1-2-6-4-3-5-7-6/h2-4H,1H2. The Balaban J connectivity index is 2.96. The first kappa shape index (κ1) is 4.60. The molecule has 0 spiro atoms. The third-order valence-corrected chi connectivity index (χ3v) is 1.49. The van der Waals surface area contributed by atoms with E-state index >= 15 is 0 Å². The van der Waals surface area contributed by atoms with Crippen LogP contribution in [0, 0.1) is 5.38 Å². The van der Waals surface area contributed by atoms with Crippen molar-refractivity contribution >= 4 is 17.4 Å². The van der Waals surface area contributed by atoms with Gasteiger partial charge in [-0.3, -0.25) is 0 Å². The molecule has 0 fully saturated rings. The van der Waals surface area contributed by atoms with Gasteiger partial charge in [0.1, 0.15) is 0 Å². The topological polar surface area (TPSA) is 0 Å². The molecule has 1 heteroatoms. The Bertz CT molecular complexity index is 139. The molecule has 0 aromatic carbocycles. The van der Waals surface area contributed by atoms with E-state index in [1.54, 1.807) is 11.3 Å². The molecule has 0 saturated heterocycles. The monoisotopic (exact) mass is 109 g/mol. The molecule has 35 valence electrons. The molecule has 1 aromatic heterocycles. The molecule has 0 aliphatic rings. The maximum absolute atomic E-state index is 3.59. The SMILES string of the molecule is C=Cc1cc[c]s1. The lowest BCUT2D eigenvalue weighted by molar-refractivity contribution is 1.96. The van der Waals surface area contributed by atoms with Gasteiger partial charge < -0.3 is 0 Å². The molecule has 1 radical (unpaired) electrons. The fraction of sp³-hybridized carbons (Fsp3) is 0. The summed E-state index contributed by atoms with van der Waals surface area (Å²) in [6.07, 6.45) is 1.82. The van der Waals surface area contributed by atoms with Crippen LogP contribution in [0.1, 0.15) is 4.88 Å². The van der Waals surface area contributed by atoms with Gasteiger partial charge in [0.2, 0.25) is 0 Å². The van der Waals surface area contributed by atoms with Gasteiger partial charge in [0.25, 0.3) is 0 Å². The molecule has 0 aliphatic carbocycles. The van der Waals surface area contributed by atoms with E-state index in [1.165, 1.54) is 4.88 Å². The van der Waals surface area contributed by atoms with Gasteiger partial charge >= 0.3 is 0 Å². The average molecular weight is 109 g/mol. The Hall–Kier alpha value is -0.560. The summed E-state index contributed by atoms with van der Waals surface area (Å²) in [6, 6.07) is 3.87. The lowest BCUT2D eigenvalue weighted by Crippen LogP contribution is -1.45. The van der Waals surface area contributed by atoms with Gasteiger partial charge in [0, 0.05) is 10.3 Å². The number of hydrogen-bond acceptors (Lipinski definition) is 1. The van der Waals surface area contributed by atoms with Crippen molar-refractivity contribution in [1.29, 1.82) is 0 Å². The van der Waals surface area contributed by atoms with E-state index in [4.69, 9.17) is 0 Å². The third kappa shape index (κ3) is 0.904. The maximum atomic E-state index is 3.59. The molecule has 0 amide bonds. The van der Waals surface area contributed by atoms with E-state index in [0.717, 1.165) is 0 Å². The molecule has 1 rings (SSSR count). The average Bonchev–Trinajstić information content (AvgIpc) is 2.14. The second kappa shape index (κ2) is 1.94. The van der Waals surface area contributed by atoms with Crippen molar-refractivity contribution in [1.82, 2.24) is 0 Å². The van der Waals surface area contributed by atoms with Gasteiger partial charge in [-0.2, -0.15) is 0 Å². The second-order valence-electron chi connectivity index (χ2n) is 1.16. The highest BCUT2D eigenvalue weighted by molar-refractivity contribution is 7.10. The van der Waals surface area contributed by atoms with Crippen molar-refractivity contribution in [2.75, 3.05) is 0 Å². The van der Waals surface area contributed by atoms with Gasteiger partial charge in [-0.05, 0) is 12.1 Å². The lowest BCUT2D eigenvalue weighted by atomic mass is 10.5. The van der Waals surface area contributed by atoms with E-state index in [0.29, 0.717) is 0 Å². The van der Waals surface area contributed by atoms with Crippen molar-refractivity contribution in [3.63, 3.8) is 0 Å².